The quantitative estimate of drug-likeness (QED) is 0.695. The van der Waals surface area contributed by atoms with Crippen LogP contribution in [0.15, 0.2) is 30.5 Å². The molecule has 1 heterocycles. The number of halogens is 1. The van der Waals surface area contributed by atoms with Gasteiger partial charge in [-0.2, -0.15) is 0 Å². The molecule has 2 rings (SSSR count). The fourth-order valence-electron chi connectivity index (χ4n) is 1.34. The summed E-state index contributed by atoms with van der Waals surface area (Å²) >= 11 is 5.91. The van der Waals surface area contributed by atoms with E-state index in [2.05, 4.69) is 4.98 Å². The second kappa shape index (κ2) is 3.87. The van der Waals surface area contributed by atoms with E-state index in [1.165, 1.54) is 13.1 Å². The highest BCUT2D eigenvalue weighted by Gasteiger charge is 2.09. The summed E-state index contributed by atoms with van der Waals surface area (Å²) in [5, 5.41) is 1.07. The summed E-state index contributed by atoms with van der Waals surface area (Å²) in [5.74, 6) is -0.0250. The van der Waals surface area contributed by atoms with Crippen molar-refractivity contribution in [3.05, 3.63) is 35.5 Å². The van der Waals surface area contributed by atoms with Crippen molar-refractivity contribution in [1.82, 2.24) is 4.98 Å². The first-order valence-corrected chi connectivity index (χ1v) is 4.78. The molecular formula is C11H8ClNO2. The third-order valence-electron chi connectivity index (χ3n) is 1.93. The normalized spacial score (nSPS) is 10.3. The number of benzene rings is 1. The van der Waals surface area contributed by atoms with E-state index < -0.39 is 5.97 Å². The molecule has 0 saturated heterocycles. The number of ether oxygens (including phenoxy) is 1. The van der Waals surface area contributed by atoms with Gasteiger partial charge in [-0.05, 0) is 12.1 Å². The molecule has 2 aromatic rings. The lowest BCUT2D eigenvalue weighted by Gasteiger charge is -2.06. The van der Waals surface area contributed by atoms with Crippen molar-refractivity contribution in [3.63, 3.8) is 0 Å². The zero-order valence-corrected chi connectivity index (χ0v) is 8.78. The van der Waals surface area contributed by atoms with Gasteiger partial charge in [-0.3, -0.25) is 9.78 Å². The Bertz CT molecular complexity index is 525. The van der Waals surface area contributed by atoms with Crippen LogP contribution in [0.3, 0.4) is 0 Å². The van der Waals surface area contributed by atoms with E-state index in [1.54, 1.807) is 0 Å². The maximum Gasteiger partial charge on any atom is 0.308 e. The predicted molar refractivity (Wildman–Crippen MR) is 58.1 cm³/mol. The van der Waals surface area contributed by atoms with E-state index in [0.717, 1.165) is 10.9 Å². The van der Waals surface area contributed by atoms with Gasteiger partial charge in [0.15, 0.2) is 5.75 Å². The van der Waals surface area contributed by atoms with Gasteiger partial charge in [-0.1, -0.05) is 23.7 Å². The molecule has 0 aliphatic carbocycles. The molecule has 1 aromatic carbocycles. The van der Waals surface area contributed by atoms with Crippen LogP contribution in [0.4, 0.5) is 0 Å². The topological polar surface area (TPSA) is 39.2 Å². The van der Waals surface area contributed by atoms with Crippen LogP contribution in [0.1, 0.15) is 6.92 Å². The Morgan fingerprint density at radius 2 is 2.13 bits per heavy atom. The minimum Gasteiger partial charge on any atom is -0.424 e. The average molecular weight is 222 g/mol. The SMILES string of the molecule is CC(=O)Oc1c(Cl)cnc2ccccc12. The maximum absolute atomic E-state index is 10.9. The molecule has 0 N–H and O–H groups in total. The number of fused-ring (bicyclic) bond motifs is 1. The van der Waals surface area contributed by atoms with Gasteiger partial charge < -0.3 is 4.74 Å². The van der Waals surface area contributed by atoms with E-state index >= 15 is 0 Å². The van der Waals surface area contributed by atoms with Crippen LogP contribution in [0.5, 0.6) is 5.75 Å². The summed E-state index contributed by atoms with van der Waals surface area (Å²) < 4.78 is 5.05. The van der Waals surface area contributed by atoms with E-state index in [0.29, 0.717) is 10.8 Å². The third-order valence-corrected chi connectivity index (χ3v) is 2.20. The Morgan fingerprint density at radius 1 is 1.40 bits per heavy atom. The molecule has 3 nitrogen and oxygen atoms in total. The molecule has 76 valence electrons. The van der Waals surface area contributed by atoms with Crippen LogP contribution >= 0.6 is 11.6 Å². The molecule has 0 fully saturated rings. The zero-order chi connectivity index (χ0) is 10.8. The van der Waals surface area contributed by atoms with Gasteiger partial charge in [0.25, 0.3) is 0 Å². The molecule has 15 heavy (non-hydrogen) atoms. The Labute approximate surface area is 91.6 Å². The smallest absolute Gasteiger partial charge is 0.308 e. The Kier molecular flexibility index (Phi) is 2.56. The fraction of sp³-hybridized carbons (Fsp3) is 0.0909. The molecule has 0 aliphatic heterocycles. The monoisotopic (exact) mass is 221 g/mol. The summed E-state index contributed by atoms with van der Waals surface area (Å²) in [5.41, 5.74) is 0.748. The Balaban J connectivity index is 2.68. The van der Waals surface area contributed by atoms with Crippen molar-refractivity contribution in [3.8, 4) is 5.75 Å². The number of carbonyl (C=O) groups is 1. The lowest BCUT2D eigenvalue weighted by Crippen LogP contribution is -2.02. The average Bonchev–Trinajstić information content (AvgIpc) is 2.22. The summed E-state index contributed by atoms with van der Waals surface area (Å²) in [6.07, 6.45) is 1.47. The molecule has 0 unspecified atom stereocenters. The van der Waals surface area contributed by atoms with E-state index in [1.807, 2.05) is 24.3 Å². The highest BCUT2D eigenvalue weighted by atomic mass is 35.5. The van der Waals surface area contributed by atoms with Crippen LogP contribution in [0.2, 0.25) is 5.02 Å². The van der Waals surface area contributed by atoms with Gasteiger partial charge in [0.2, 0.25) is 0 Å². The van der Waals surface area contributed by atoms with Gasteiger partial charge in [0, 0.05) is 18.5 Å². The largest absolute Gasteiger partial charge is 0.424 e. The second-order valence-electron chi connectivity index (χ2n) is 3.05. The molecule has 0 atom stereocenters. The fourth-order valence-corrected chi connectivity index (χ4v) is 1.53. The molecule has 0 spiro atoms. The molecule has 0 aliphatic rings. The second-order valence-corrected chi connectivity index (χ2v) is 3.45. The zero-order valence-electron chi connectivity index (χ0n) is 8.03. The summed E-state index contributed by atoms with van der Waals surface area (Å²) in [7, 11) is 0. The van der Waals surface area contributed by atoms with Crippen LogP contribution in [-0.2, 0) is 4.79 Å². The number of carbonyl (C=O) groups excluding carboxylic acids is 1. The number of hydrogen-bond acceptors (Lipinski definition) is 3. The Hall–Kier alpha value is -1.61. The predicted octanol–water partition coefficient (Wildman–Crippen LogP) is 2.81. The maximum atomic E-state index is 10.9. The van der Waals surface area contributed by atoms with Crippen molar-refractivity contribution in [2.24, 2.45) is 0 Å². The van der Waals surface area contributed by atoms with Gasteiger partial charge in [0.05, 0.1) is 5.52 Å². The molecule has 0 saturated carbocycles. The number of hydrogen-bond donors (Lipinski definition) is 0. The summed E-state index contributed by atoms with van der Waals surface area (Å²) in [4.78, 5) is 15.0. The van der Waals surface area contributed by atoms with E-state index in [-0.39, 0.29) is 0 Å². The highest BCUT2D eigenvalue weighted by Crippen LogP contribution is 2.31. The lowest BCUT2D eigenvalue weighted by atomic mass is 10.2. The van der Waals surface area contributed by atoms with Crippen molar-refractivity contribution in [1.29, 1.82) is 0 Å². The summed E-state index contributed by atoms with van der Waals surface area (Å²) in [6, 6.07) is 7.35. The van der Waals surface area contributed by atoms with Crippen LogP contribution < -0.4 is 4.74 Å². The van der Waals surface area contributed by atoms with Crippen LogP contribution in [-0.4, -0.2) is 11.0 Å². The highest BCUT2D eigenvalue weighted by molar-refractivity contribution is 6.33. The Morgan fingerprint density at radius 3 is 2.87 bits per heavy atom. The minimum absolute atomic E-state index is 0.337. The van der Waals surface area contributed by atoms with Gasteiger partial charge in [0.1, 0.15) is 5.02 Å². The first kappa shape index (κ1) is 9.93. The van der Waals surface area contributed by atoms with Crippen LogP contribution in [0, 0.1) is 0 Å². The van der Waals surface area contributed by atoms with E-state index in [4.69, 9.17) is 16.3 Å². The number of nitrogens with zero attached hydrogens (tertiary/aromatic N) is 1. The molecule has 1 aromatic heterocycles. The van der Waals surface area contributed by atoms with Gasteiger partial charge in [-0.25, -0.2) is 0 Å². The number of para-hydroxylation sites is 1. The summed E-state index contributed by atoms with van der Waals surface area (Å²) in [6.45, 7) is 1.34. The lowest BCUT2D eigenvalue weighted by molar-refractivity contribution is -0.131. The van der Waals surface area contributed by atoms with Crippen LogP contribution in [0.25, 0.3) is 10.9 Å². The van der Waals surface area contributed by atoms with E-state index in [9.17, 15) is 4.79 Å². The molecule has 0 radical (unpaired) electrons. The van der Waals surface area contributed by atoms with Crippen molar-refractivity contribution in [2.75, 3.05) is 0 Å². The van der Waals surface area contributed by atoms with Gasteiger partial charge >= 0.3 is 5.97 Å². The van der Waals surface area contributed by atoms with Crippen molar-refractivity contribution in [2.45, 2.75) is 6.92 Å². The molecule has 0 amide bonds. The third kappa shape index (κ3) is 1.92. The van der Waals surface area contributed by atoms with Crippen molar-refractivity contribution < 1.29 is 9.53 Å². The van der Waals surface area contributed by atoms with Gasteiger partial charge in [-0.15, -0.1) is 0 Å². The number of aromatic nitrogens is 1. The minimum atomic E-state index is -0.395. The standard InChI is InChI=1S/C11H8ClNO2/c1-7(14)15-11-8-4-2-3-5-10(8)13-6-9(11)12/h2-6H,1H3. The number of pyridine rings is 1. The number of esters is 1. The van der Waals surface area contributed by atoms with Crippen molar-refractivity contribution >= 4 is 28.5 Å². The first-order chi connectivity index (χ1) is 7.18. The first-order valence-electron chi connectivity index (χ1n) is 4.40. The molecule has 4 heteroatoms. The molecular weight excluding hydrogens is 214 g/mol. The molecule has 0 bridgehead atoms. The number of rotatable bonds is 1.